The van der Waals surface area contributed by atoms with E-state index in [1.54, 1.807) is 0 Å². The SMILES string of the molecule is Nc1ccc2oc3ccccc3c2c1OCc1ccc(-n2c3ccc(-c4ccccc4)cc3c3cc(-c4ccccc4)c4ccccc4c32)cc1. The summed E-state index contributed by atoms with van der Waals surface area (Å²) in [5.41, 5.74) is 18.0. The van der Waals surface area contributed by atoms with Gasteiger partial charge >= 0.3 is 0 Å². The molecule has 10 rings (SSSR count). The molecule has 2 N–H and O–H groups in total. The van der Waals surface area contributed by atoms with Crippen molar-refractivity contribution in [3.8, 4) is 33.7 Å². The Labute approximate surface area is 294 Å². The van der Waals surface area contributed by atoms with E-state index in [9.17, 15) is 0 Å². The Bertz CT molecular complexity index is 2900. The van der Waals surface area contributed by atoms with Gasteiger partial charge in [0.2, 0.25) is 0 Å². The molecular weight excluding hydrogens is 625 g/mol. The van der Waals surface area contributed by atoms with Gasteiger partial charge in [0.1, 0.15) is 17.8 Å². The number of hydrogen-bond donors (Lipinski definition) is 1. The normalized spacial score (nSPS) is 11.7. The molecule has 8 aromatic carbocycles. The van der Waals surface area contributed by atoms with Crippen LogP contribution in [-0.4, -0.2) is 4.57 Å². The number of fused-ring (bicyclic) bond motifs is 8. The third-order valence-electron chi connectivity index (χ3n) is 10.1. The van der Waals surface area contributed by atoms with Crippen molar-refractivity contribution in [1.29, 1.82) is 0 Å². The van der Waals surface area contributed by atoms with E-state index >= 15 is 0 Å². The number of furan rings is 1. The smallest absolute Gasteiger partial charge is 0.154 e. The zero-order chi connectivity index (χ0) is 33.9. The summed E-state index contributed by atoms with van der Waals surface area (Å²) in [4.78, 5) is 0. The second-order valence-corrected chi connectivity index (χ2v) is 13.1. The fourth-order valence-corrected chi connectivity index (χ4v) is 7.66. The largest absolute Gasteiger partial charge is 0.486 e. The van der Waals surface area contributed by atoms with Crippen molar-refractivity contribution in [1.82, 2.24) is 4.57 Å². The first-order valence-electron chi connectivity index (χ1n) is 17.2. The van der Waals surface area contributed by atoms with Gasteiger partial charge in [-0.05, 0) is 81.7 Å². The summed E-state index contributed by atoms with van der Waals surface area (Å²) in [7, 11) is 0. The van der Waals surface area contributed by atoms with Crippen LogP contribution in [0.5, 0.6) is 5.75 Å². The van der Waals surface area contributed by atoms with Gasteiger partial charge in [-0.25, -0.2) is 0 Å². The molecule has 10 aromatic rings. The lowest BCUT2D eigenvalue weighted by molar-refractivity contribution is 0.312. The molecule has 0 atom stereocenters. The Balaban J connectivity index is 1.12. The first-order chi connectivity index (χ1) is 25.2. The highest BCUT2D eigenvalue weighted by Gasteiger charge is 2.19. The Kier molecular flexibility index (Phi) is 6.68. The van der Waals surface area contributed by atoms with Gasteiger partial charge in [-0.3, -0.25) is 0 Å². The number of nitrogens with two attached hydrogens (primary N) is 1. The van der Waals surface area contributed by atoms with Crippen molar-refractivity contribution in [2.75, 3.05) is 5.73 Å². The highest BCUT2D eigenvalue weighted by molar-refractivity contribution is 6.22. The summed E-state index contributed by atoms with van der Waals surface area (Å²) in [5.74, 6) is 0.652. The molecule has 0 radical (unpaired) electrons. The van der Waals surface area contributed by atoms with Crippen LogP contribution in [0.3, 0.4) is 0 Å². The number of nitrogens with zero attached hydrogens (tertiary/aromatic N) is 1. The van der Waals surface area contributed by atoms with Crippen LogP contribution in [0, 0.1) is 0 Å². The molecule has 0 aliphatic carbocycles. The Morgan fingerprint density at radius 1 is 0.510 bits per heavy atom. The zero-order valence-corrected chi connectivity index (χ0v) is 27.7. The fourth-order valence-electron chi connectivity index (χ4n) is 7.66. The number of anilines is 1. The van der Waals surface area contributed by atoms with Gasteiger partial charge in [-0.1, -0.05) is 121 Å². The van der Waals surface area contributed by atoms with Gasteiger partial charge in [-0.15, -0.1) is 0 Å². The second kappa shape index (κ2) is 11.7. The Hall–Kier alpha value is -6.78. The molecule has 0 amide bonds. The molecule has 0 unspecified atom stereocenters. The summed E-state index contributed by atoms with van der Waals surface area (Å²) in [6.45, 7) is 0.375. The first-order valence-corrected chi connectivity index (χ1v) is 17.2. The van der Waals surface area contributed by atoms with Crippen LogP contribution in [0.1, 0.15) is 5.56 Å². The minimum Gasteiger partial charge on any atom is -0.486 e. The topological polar surface area (TPSA) is 53.3 Å². The summed E-state index contributed by atoms with van der Waals surface area (Å²) < 4.78 is 14.9. The minimum atomic E-state index is 0.375. The second-order valence-electron chi connectivity index (χ2n) is 13.1. The van der Waals surface area contributed by atoms with E-state index in [2.05, 4.69) is 138 Å². The molecule has 51 heavy (non-hydrogen) atoms. The average Bonchev–Trinajstić information content (AvgIpc) is 3.74. The van der Waals surface area contributed by atoms with Gasteiger partial charge in [-0.2, -0.15) is 0 Å². The lowest BCUT2D eigenvalue weighted by atomic mass is 9.94. The molecular formula is C47H32N2O2. The van der Waals surface area contributed by atoms with E-state index in [1.807, 2.05) is 36.4 Å². The van der Waals surface area contributed by atoms with Gasteiger partial charge in [0, 0.05) is 27.2 Å². The van der Waals surface area contributed by atoms with Crippen molar-refractivity contribution < 1.29 is 9.15 Å². The maximum absolute atomic E-state index is 6.47. The average molecular weight is 657 g/mol. The van der Waals surface area contributed by atoms with Crippen molar-refractivity contribution in [2.24, 2.45) is 0 Å². The summed E-state index contributed by atoms with van der Waals surface area (Å²) in [6, 6.07) is 59.8. The molecule has 4 heteroatoms. The van der Waals surface area contributed by atoms with E-state index in [0.717, 1.165) is 38.7 Å². The number of benzene rings is 8. The van der Waals surface area contributed by atoms with Crippen molar-refractivity contribution in [2.45, 2.75) is 6.61 Å². The van der Waals surface area contributed by atoms with E-state index in [0.29, 0.717) is 18.0 Å². The first kappa shape index (κ1) is 29.2. The highest BCUT2D eigenvalue weighted by atomic mass is 16.5. The van der Waals surface area contributed by atoms with E-state index in [4.69, 9.17) is 14.9 Å². The third-order valence-corrected chi connectivity index (χ3v) is 10.1. The van der Waals surface area contributed by atoms with E-state index in [1.165, 1.54) is 49.3 Å². The number of aromatic nitrogens is 1. The Morgan fingerprint density at radius 2 is 1.20 bits per heavy atom. The quantitative estimate of drug-likeness (QED) is 0.181. The number of hydrogen-bond acceptors (Lipinski definition) is 3. The molecule has 0 spiro atoms. The van der Waals surface area contributed by atoms with Crippen LogP contribution in [0.25, 0.3) is 82.5 Å². The van der Waals surface area contributed by atoms with E-state index < -0.39 is 0 Å². The lowest BCUT2D eigenvalue weighted by Gasteiger charge is -2.14. The standard InChI is InChI=1S/C47H32N2O2/c48-41-24-26-44-45(37-17-9-10-18-43(37)51-44)47(41)50-29-30-19-22-34(23-20-30)49-42-25-21-33(31-11-3-1-4-12-31)27-39(42)40-28-38(32-13-5-2-6-14-32)35-15-7-8-16-36(35)46(40)49/h1-28H,29,48H2. The van der Waals surface area contributed by atoms with Crippen molar-refractivity contribution in [3.05, 3.63) is 175 Å². The van der Waals surface area contributed by atoms with E-state index in [-0.39, 0.29) is 0 Å². The van der Waals surface area contributed by atoms with Gasteiger partial charge in [0.05, 0.1) is 22.1 Å². The molecule has 0 bridgehead atoms. The van der Waals surface area contributed by atoms with Crippen LogP contribution < -0.4 is 10.5 Å². The summed E-state index contributed by atoms with van der Waals surface area (Å²) >= 11 is 0. The van der Waals surface area contributed by atoms with Crippen LogP contribution in [-0.2, 0) is 6.61 Å². The number of nitrogen functional groups attached to an aromatic ring is 1. The van der Waals surface area contributed by atoms with Crippen LogP contribution in [0.2, 0.25) is 0 Å². The van der Waals surface area contributed by atoms with Gasteiger partial charge < -0.3 is 19.5 Å². The van der Waals surface area contributed by atoms with Gasteiger partial charge in [0.25, 0.3) is 0 Å². The molecule has 2 aromatic heterocycles. The molecule has 0 aliphatic heterocycles. The van der Waals surface area contributed by atoms with Crippen LogP contribution in [0.15, 0.2) is 174 Å². The maximum Gasteiger partial charge on any atom is 0.154 e. The maximum atomic E-state index is 6.47. The molecule has 2 heterocycles. The number of rotatable bonds is 6. The molecule has 0 saturated carbocycles. The summed E-state index contributed by atoms with van der Waals surface area (Å²) in [6.07, 6.45) is 0. The fraction of sp³-hybridized carbons (Fsp3) is 0.0213. The number of ether oxygens (including phenoxy) is 1. The zero-order valence-electron chi connectivity index (χ0n) is 27.7. The molecule has 0 aliphatic rings. The molecule has 0 saturated heterocycles. The highest BCUT2D eigenvalue weighted by Crippen LogP contribution is 2.43. The predicted octanol–water partition coefficient (Wildman–Crippen LogP) is 12.3. The predicted molar refractivity (Wildman–Crippen MR) is 212 cm³/mol. The number of para-hydroxylation sites is 1. The van der Waals surface area contributed by atoms with Gasteiger partial charge in [0.15, 0.2) is 5.75 Å². The third kappa shape index (κ3) is 4.76. The molecule has 4 nitrogen and oxygen atoms in total. The molecule has 242 valence electrons. The summed E-state index contributed by atoms with van der Waals surface area (Å²) in [5, 5.41) is 6.79. The Morgan fingerprint density at radius 3 is 1.98 bits per heavy atom. The molecule has 0 fully saturated rings. The van der Waals surface area contributed by atoms with Crippen LogP contribution >= 0.6 is 0 Å². The minimum absolute atomic E-state index is 0.375. The monoisotopic (exact) mass is 656 g/mol. The lowest BCUT2D eigenvalue weighted by Crippen LogP contribution is -2.00. The van der Waals surface area contributed by atoms with Crippen molar-refractivity contribution >= 4 is 60.2 Å². The van der Waals surface area contributed by atoms with Crippen molar-refractivity contribution in [3.63, 3.8) is 0 Å². The van der Waals surface area contributed by atoms with Crippen LogP contribution in [0.4, 0.5) is 5.69 Å².